The summed E-state index contributed by atoms with van der Waals surface area (Å²) in [7, 11) is 0. The summed E-state index contributed by atoms with van der Waals surface area (Å²) in [4.78, 5) is 25.0. The molecule has 1 atom stereocenters. The predicted molar refractivity (Wildman–Crippen MR) is 93.0 cm³/mol. The Morgan fingerprint density at radius 1 is 1.26 bits per heavy atom. The first-order chi connectivity index (χ1) is 12.7. The molecular formula is C19H22F2N2O4. The van der Waals surface area contributed by atoms with Gasteiger partial charge in [-0.15, -0.1) is 0 Å². The summed E-state index contributed by atoms with van der Waals surface area (Å²) in [6, 6.07) is 3.36. The molecule has 0 fully saturated rings. The SMILES string of the molecule is Cc1noc(C)c1C(C)CC(=O)N(CCC(=O)O)Cc1ccc(F)c(F)c1. The summed E-state index contributed by atoms with van der Waals surface area (Å²) in [6.45, 7) is 5.38. The summed E-state index contributed by atoms with van der Waals surface area (Å²) < 4.78 is 31.7. The van der Waals surface area contributed by atoms with Crippen LogP contribution in [0, 0.1) is 25.5 Å². The minimum absolute atomic E-state index is 0.00235. The number of rotatable bonds is 8. The largest absolute Gasteiger partial charge is 0.481 e. The fourth-order valence-corrected chi connectivity index (χ4v) is 3.07. The van der Waals surface area contributed by atoms with Gasteiger partial charge >= 0.3 is 5.97 Å². The van der Waals surface area contributed by atoms with Crippen molar-refractivity contribution in [2.75, 3.05) is 6.54 Å². The van der Waals surface area contributed by atoms with Crippen LogP contribution in [0.3, 0.4) is 0 Å². The number of aryl methyl sites for hydroxylation is 2. The van der Waals surface area contributed by atoms with Crippen molar-refractivity contribution in [1.82, 2.24) is 10.1 Å². The Labute approximate surface area is 155 Å². The average molecular weight is 380 g/mol. The Morgan fingerprint density at radius 3 is 2.52 bits per heavy atom. The number of aromatic nitrogens is 1. The molecule has 0 spiro atoms. The van der Waals surface area contributed by atoms with E-state index in [2.05, 4.69) is 5.16 Å². The highest BCUT2D eigenvalue weighted by Crippen LogP contribution is 2.26. The second-order valence-electron chi connectivity index (χ2n) is 6.55. The molecule has 1 unspecified atom stereocenters. The fourth-order valence-electron chi connectivity index (χ4n) is 3.07. The molecule has 0 aliphatic heterocycles. The van der Waals surface area contributed by atoms with Gasteiger partial charge in [-0.2, -0.15) is 0 Å². The van der Waals surface area contributed by atoms with Crippen molar-refractivity contribution in [1.29, 1.82) is 0 Å². The van der Waals surface area contributed by atoms with E-state index in [1.165, 1.54) is 11.0 Å². The van der Waals surface area contributed by atoms with Gasteiger partial charge in [0.2, 0.25) is 5.91 Å². The van der Waals surface area contributed by atoms with Crippen molar-refractivity contribution in [2.24, 2.45) is 0 Å². The van der Waals surface area contributed by atoms with Crippen molar-refractivity contribution in [3.63, 3.8) is 0 Å². The lowest BCUT2D eigenvalue weighted by Crippen LogP contribution is -2.33. The maximum absolute atomic E-state index is 13.4. The Bertz CT molecular complexity index is 816. The van der Waals surface area contributed by atoms with Crippen LogP contribution in [-0.2, 0) is 16.1 Å². The zero-order valence-corrected chi connectivity index (χ0v) is 15.5. The Morgan fingerprint density at radius 2 is 1.96 bits per heavy atom. The van der Waals surface area contributed by atoms with Crippen molar-refractivity contribution in [3.8, 4) is 0 Å². The van der Waals surface area contributed by atoms with Gasteiger partial charge < -0.3 is 14.5 Å². The van der Waals surface area contributed by atoms with Crippen LogP contribution in [0.15, 0.2) is 22.7 Å². The maximum Gasteiger partial charge on any atom is 0.305 e. The monoisotopic (exact) mass is 380 g/mol. The third-order valence-electron chi connectivity index (χ3n) is 4.37. The average Bonchev–Trinajstić information content (AvgIpc) is 2.93. The van der Waals surface area contributed by atoms with Crippen LogP contribution in [0.2, 0.25) is 0 Å². The molecule has 2 aromatic rings. The lowest BCUT2D eigenvalue weighted by Gasteiger charge is -2.24. The molecular weight excluding hydrogens is 358 g/mol. The van der Waals surface area contributed by atoms with E-state index in [1.54, 1.807) is 13.8 Å². The minimum atomic E-state index is -1.04. The number of nitrogens with zero attached hydrogens (tertiary/aromatic N) is 2. The molecule has 0 aliphatic rings. The number of hydrogen-bond acceptors (Lipinski definition) is 4. The summed E-state index contributed by atoms with van der Waals surface area (Å²) in [5, 5.41) is 12.8. The molecule has 1 aromatic carbocycles. The number of halogens is 2. The molecule has 146 valence electrons. The second-order valence-corrected chi connectivity index (χ2v) is 6.55. The van der Waals surface area contributed by atoms with Gasteiger partial charge in [-0.05, 0) is 37.5 Å². The number of amides is 1. The number of carboxylic acids is 1. The summed E-state index contributed by atoms with van der Waals surface area (Å²) >= 11 is 0. The topological polar surface area (TPSA) is 83.6 Å². The van der Waals surface area contributed by atoms with E-state index >= 15 is 0 Å². The van der Waals surface area contributed by atoms with Crippen molar-refractivity contribution < 1.29 is 28.0 Å². The summed E-state index contributed by atoms with van der Waals surface area (Å²) in [6.07, 6.45) is -0.124. The summed E-state index contributed by atoms with van der Waals surface area (Å²) in [5.74, 6) is -2.87. The number of benzene rings is 1. The zero-order chi connectivity index (χ0) is 20.1. The molecule has 2 rings (SSSR count). The van der Waals surface area contributed by atoms with Crippen molar-refractivity contribution in [3.05, 3.63) is 52.4 Å². The minimum Gasteiger partial charge on any atom is -0.481 e. The molecule has 0 radical (unpaired) electrons. The molecule has 1 amide bonds. The van der Waals surface area contributed by atoms with Gasteiger partial charge in [0.15, 0.2) is 11.6 Å². The highest BCUT2D eigenvalue weighted by atomic mass is 19.2. The normalized spacial score (nSPS) is 12.0. The first-order valence-electron chi connectivity index (χ1n) is 8.55. The third kappa shape index (κ3) is 5.35. The highest BCUT2D eigenvalue weighted by Gasteiger charge is 2.23. The predicted octanol–water partition coefficient (Wildman–Crippen LogP) is 3.57. The van der Waals surface area contributed by atoms with E-state index in [0.717, 1.165) is 17.7 Å². The maximum atomic E-state index is 13.4. The Hall–Kier alpha value is -2.77. The lowest BCUT2D eigenvalue weighted by atomic mass is 9.95. The highest BCUT2D eigenvalue weighted by molar-refractivity contribution is 5.78. The van der Waals surface area contributed by atoms with Crippen LogP contribution in [-0.4, -0.2) is 33.6 Å². The van der Waals surface area contributed by atoms with Crippen LogP contribution in [0.5, 0.6) is 0 Å². The lowest BCUT2D eigenvalue weighted by molar-refractivity contribution is -0.138. The van der Waals surface area contributed by atoms with E-state index in [4.69, 9.17) is 9.63 Å². The number of hydrogen-bond donors (Lipinski definition) is 1. The quantitative estimate of drug-likeness (QED) is 0.757. The number of aliphatic carboxylic acids is 1. The molecule has 8 heteroatoms. The van der Waals surface area contributed by atoms with Gasteiger partial charge in [0.1, 0.15) is 5.76 Å². The van der Waals surface area contributed by atoms with Gasteiger partial charge in [0, 0.05) is 25.1 Å². The molecule has 1 aromatic heterocycles. The molecule has 1 heterocycles. The number of carboxylic acid groups (broad SMARTS) is 1. The van der Waals surface area contributed by atoms with E-state index in [1.807, 2.05) is 6.92 Å². The molecule has 1 N–H and O–H groups in total. The van der Waals surface area contributed by atoms with Crippen LogP contribution in [0.4, 0.5) is 8.78 Å². The number of carbonyl (C=O) groups is 2. The van der Waals surface area contributed by atoms with Crippen molar-refractivity contribution in [2.45, 2.75) is 46.1 Å². The molecule has 0 bridgehead atoms. The molecule has 6 nitrogen and oxygen atoms in total. The first-order valence-corrected chi connectivity index (χ1v) is 8.55. The summed E-state index contributed by atoms with van der Waals surface area (Å²) in [5.41, 5.74) is 1.93. The first kappa shape index (κ1) is 20.5. The van der Waals surface area contributed by atoms with E-state index in [0.29, 0.717) is 17.0 Å². The van der Waals surface area contributed by atoms with Gasteiger partial charge in [-0.3, -0.25) is 9.59 Å². The van der Waals surface area contributed by atoms with E-state index in [-0.39, 0.29) is 37.8 Å². The van der Waals surface area contributed by atoms with Crippen LogP contribution < -0.4 is 0 Å². The van der Waals surface area contributed by atoms with Gasteiger partial charge in [0.05, 0.1) is 12.1 Å². The van der Waals surface area contributed by atoms with Crippen LogP contribution in [0.1, 0.15) is 48.3 Å². The zero-order valence-electron chi connectivity index (χ0n) is 15.5. The van der Waals surface area contributed by atoms with Crippen molar-refractivity contribution >= 4 is 11.9 Å². The standard InChI is InChI=1S/C19H22F2N2O4/c1-11(19-12(2)22-27-13(19)3)8-17(24)23(7-6-18(25)26)10-14-4-5-15(20)16(21)9-14/h4-5,9,11H,6-8,10H2,1-3H3,(H,25,26). The van der Waals surface area contributed by atoms with Gasteiger partial charge in [-0.1, -0.05) is 18.1 Å². The number of carbonyl (C=O) groups excluding carboxylic acids is 1. The smallest absolute Gasteiger partial charge is 0.305 e. The third-order valence-corrected chi connectivity index (χ3v) is 4.37. The molecule has 0 saturated carbocycles. The molecule has 27 heavy (non-hydrogen) atoms. The Balaban J connectivity index is 2.15. The molecule has 0 aliphatic carbocycles. The molecule has 0 saturated heterocycles. The van der Waals surface area contributed by atoms with E-state index in [9.17, 15) is 18.4 Å². The van der Waals surface area contributed by atoms with Crippen LogP contribution in [0.25, 0.3) is 0 Å². The second kappa shape index (κ2) is 8.75. The fraction of sp³-hybridized carbons (Fsp3) is 0.421. The van der Waals surface area contributed by atoms with Gasteiger partial charge in [0.25, 0.3) is 0 Å². The Kier molecular flexibility index (Phi) is 6.65. The van der Waals surface area contributed by atoms with Gasteiger partial charge in [-0.25, -0.2) is 8.78 Å². The van der Waals surface area contributed by atoms with Crippen LogP contribution >= 0.6 is 0 Å². The van der Waals surface area contributed by atoms with E-state index < -0.39 is 17.6 Å².